The van der Waals surface area contributed by atoms with Crippen LogP contribution in [0.25, 0.3) is 21.5 Å². The van der Waals surface area contributed by atoms with Crippen molar-refractivity contribution in [2.45, 2.75) is 19.4 Å². The quantitative estimate of drug-likeness (QED) is 0.168. The molecule has 0 N–H and O–H groups in total. The van der Waals surface area contributed by atoms with Crippen molar-refractivity contribution in [3.8, 4) is 11.5 Å². The first-order valence-electron chi connectivity index (χ1n) is 12.3. The molecule has 0 amide bonds. The minimum absolute atomic E-state index is 0.233. The van der Waals surface area contributed by atoms with Crippen molar-refractivity contribution < 1.29 is 18.9 Å². The number of hydrogen-bond donors (Lipinski definition) is 0. The molecule has 4 rings (SSSR count). The number of fused-ring (bicyclic) bond motifs is 2. The highest BCUT2D eigenvalue weighted by molar-refractivity contribution is 7.99. The Balaban J connectivity index is 1.03. The van der Waals surface area contributed by atoms with Gasteiger partial charge in [0.1, 0.15) is 24.7 Å². The maximum atomic E-state index is 6.02. The molecule has 0 aromatic heterocycles. The summed E-state index contributed by atoms with van der Waals surface area (Å²) in [5, 5.41) is 4.83. The number of ether oxygens (including phenoxy) is 4. The first-order valence-corrected chi connectivity index (χ1v) is 13.5. The zero-order valence-corrected chi connectivity index (χ0v) is 21.2. The molecule has 5 heteroatoms. The maximum Gasteiger partial charge on any atom is 0.120 e. The molecule has 0 aliphatic rings. The normalized spacial score (nSPS) is 12.1. The third kappa shape index (κ3) is 8.17. The predicted octanol–water partition coefficient (Wildman–Crippen LogP) is 7.00. The minimum Gasteiger partial charge on any atom is -0.491 e. The topological polar surface area (TPSA) is 36.9 Å². The van der Waals surface area contributed by atoms with Gasteiger partial charge in [0.15, 0.2) is 0 Å². The van der Waals surface area contributed by atoms with Crippen LogP contribution in [0.2, 0.25) is 0 Å². The van der Waals surface area contributed by atoms with Gasteiger partial charge in [-0.1, -0.05) is 67.6 Å². The molecule has 4 nitrogen and oxygen atoms in total. The smallest absolute Gasteiger partial charge is 0.120 e. The van der Waals surface area contributed by atoms with E-state index in [9.17, 15) is 0 Å². The van der Waals surface area contributed by atoms with Gasteiger partial charge >= 0.3 is 0 Å². The Morgan fingerprint density at radius 1 is 0.629 bits per heavy atom. The van der Waals surface area contributed by atoms with Gasteiger partial charge in [-0.3, -0.25) is 0 Å². The van der Waals surface area contributed by atoms with E-state index in [1.807, 2.05) is 48.2 Å². The molecule has 35 heavy (non-hydrogen) atoms. The average Bonchev–Trinajstić information content (AvgIpc) is 2.91. The summed E-state index contributed by atoms with van der Waals surface area (Å²) >= 11 is 1.87. The second-order valence-corrected chi connectivity index (χ2v) is 9.45. The van der Waals surface area contributed by atoms with Crippen molar-refractivity contribution in [1.82, 2.24) is 0 Å². The molecule has 0 aliphatic heterocycles. The van der Waals surface area contributed by atoms with Gasteiger partial charge in [-0.05, 0) is 52.2 Å². The molecule has 0 saturated heterocycles. The SMILES string of the molecule is CCC(CSCCOCCOc1ccc2ccccc2c1)OCCOc1ccc2ccccc2c1. The van der Waals surface area contributed by atoms with Crippen molar-refractivity contribution in [1.29, 1.82) is 0 Å². The van der Waals surface area contributed by atoms with Gasteiger partial charge in [-0.15, -0.1) is 0 Å². The Morgan fingerprint density at radius 2 is 1.20 bits per heavy atom. The highest BCUT2D eigenvalue weighted by Gasteiger charge is 2.07. The summed E-state index contributed by atoms with van der Waals surface area (Å²) in [7, 11) is 0. The van der Waals surface area contributed by atoms with Crippen LogP contribution in [-0.4, -0.2) is 50.6 Å². The van der Waals surface area contributed by atoms with Crippen LogP contribution in [0.4, 0.5) is 0 Å². The highest BCUT2D eigenvalue weighted by atomic mass is 32.2. The summed E-state index contributed by atoms with van der Waals surface area (Å²) in [6, 6.07) is 29.0. The van der Waals surface area contributed by atoms with E-state index < -0.39 is 0 Å². The van der Waals surface area contributed by atoms with Crippen LogP contribution in [-0.2, 0) is 9.47 Å². The van der Waals surface area contributed by atoms with E-state index in [4.69, 9.17) is 18.9 Å². The summed E-state index contributed by atoms with van der Waals surface area (Å²) < 4.78 is 23.4. The fraction of sp³-hybridized carbons (Fsp3) is 0.333. The Bertz CT molecular complexity index is 1180. The van der Waals surface area contributed by atoms with E-state index in [1.165, 1.54) is 21.5 Å². The van der Waals surface area contributed by atoms with Gasteiger partial charge in [0.05, 0.1) is 25.9 Å². The minimum atomic E-state index is 0.233. The Hall–Kier alpha value is -2.73. The van der Waals surface area contributed by atoms with Gasteiger partial charge in [0.25, 0.3) is 0 Å². The van der Waals surface area contributed by atoms with Gasteiger partial charge < -0.3 is 18.9 Å². The first kappa shape index (κ1) is 25.4. The van der Waals surface area contributed by atoms with Gasteiger partial charge in [-0.25, -0.2) is 0 Å². The van der Waals surface area contributed by atoms with E-state index in [0.717, 1.165) is 29.4 Å². The van der Waals surface area contributed by atoms with Crippen LogP contribution in [0.5, 0.6) is 11.5 Å². The Labute approximate surface area is 212 Å². The highest BCUT2D eigenvalue weighted by Crippen LogP contribution is 2.21. The molecule has 0 aliphatic carbocycles. The Kier molecular flexibility index (Phi) is 10.1. The van der Waals surface area contributed by atoms with Crippen LogP contribution < -0.4 is 9.47 Å². The zero-order chi connectivity index (χ0) is 24.1. The summed E-state index contributed by atoms with van der Waals surface area (Å²) in [5.41, 5.74) is 0. The predicted molar refractivity (Wildman–Crippen MR) is 147 cm³/mol. The van der Waals surface area contributed by atoms with E-state index in [1.54, 1.807) is 0 Å². The fourth-order valence-electron chi connectivity index (χ4n) is 3.83. The van der Waals surface area contributed by atoms with Crippen LogP contribution in [0, 0.1) is 0 Å². The van der Waals surface area contributed by atoms with Gasteiger partial charge in [0, 0.05) is 11.5 Å². The van der Waals surface area contributed by atoms with Crippen LogP contribution in [0.3, 0.4) is 0 Å². The molecule has 1 unspecified atom stereocenters. The third-order valence-corrected chi connectivity index (χ3v) is 6.84. The summed E-state index contributed by atoms with van der Waals surface area (Å²) in [6.45, 7) is 5.17. The molecule has 0 radical (unpaired) electrons. The average molecular weight is 491 g/mol. The lowest BCUT2D eigenvalue weighted by Gasteiger charge is -2.16. The van der Waals surface area contributed by atoms with Crippen molar-refractivity contribution in [2.75, 3.05) is 44.5 Å². The van der Waals surface area contributed by atoms with E-state index in [-0.39, 0.29) is 6.10 Å². The molecule has 4 aromatic rings. The van der Waals surface area contributed by atoms with Crippen molar-refractivity contribution in [2.24, 2.45) is 0 Å². The van der Waals surface area contributed by atoms with E-state index >= 15 is 0 Å². The third-order valence-electron chi connectivity index (χ3n) is 5.77. The molecule has 4 aromatic carbocycles. The summed E-state index contributed by atoms with van der Waals surface area (Å²) in [5.74, 6) is 3.68. The number of benzene rings is 4. The number of thioether (sulfide) groups is 1. The Morgan fingerprint density at radius 3 is 1.80 bits per heavy atom. The number of rotatable bonds is 15. The molecule has 0 saturated carbocycles. The van der Waals surface area contributed by atoms with Crippen LogP contribution in [0.15, 0.2) is 84.9 Å². The lowest BCUT2D eigenvalue weighted by atomic mass is 10.1. The van der Waals surface area contributed by atoms with Crippen molar-refractivity contribution in [3.63, 3.8) is 0 Å². The molecule has 0 fully saturated rings. The largest absolute Gasteiger partial charge is 0.491 e. The molecule has 0 bridgehead atoms. The molecule has 184 valence electrons. The summed E-state index contributed by atoms with van der Waals surface area (Å²) in [6.07, 6.45) is 1.22. The van der Waals surface area contributed by atoms with Crippen LogP contribution >= 0.6 is 11.8 Å². The first-order chi connectivity index (χ1) is 17.3. The number of hydrogen-bond acceptors (Lipinski definition) is 5. The van der Waals surface area contributed by atoms with Crippen molar-refractivity contribution >= 4 is 33.3 Å². The van der Waals surface area contributed by atoms with Crippen LogP contribution in [0.1, 0.15) is 13.3 Å². The standard InChI is InChI=1S/C30H34O4S/c1-2-28(32-17-18-34-30-14-12-25-8-4-6-10-27(25)22-30)23-35-20-19-31-15-16-33-29-13-11-24-7-3-5-9-26(24)21-29/h3-14,21-22,28H,2,15-20,23H2,1H3. The second-order valence-electron chi connectivity index (χ2n) is 8.30. The van der Waals surface area contributed by atoms with E-state index in [0.29, 0.717) is 33.0 Å². The molecular weight excluding hydrogens is 456 g/mol. The van der Waals surface area contributed by atoms with Gasteiger partial charge in [0.2, 0.25) is 0 Å². The van der Waals surface area contributed by atoms with Crippen molar-refractivity contribution in [3.05, 3.63) is 84.9 Å². The molecule has 1 atom stereocenters. The molecule has 0 heterocycles. The monoisotopic (exact) mass is 490 g/mol. The zero-order valence-electron chi connectivity index (χ0n) is 20.4. The fourth-order valence-corrected chi connectivity index (χ4v) is 4.82. The van der Waals surface area contributed by atoms with E-state index in [2.05, 4.69) is 55.5 Å². The maximum absolute atomic E-state index is 6.02. The molecule has 0 spiro atoms. The second kappa shape index (κ2) is 14.0. The molecular formula is C30H34O4S. The lowest BCUT2D eigenvalue weighted by molar-refractivity contribution is 0.0453. The summed E-state index contributed by atoms with van der Waals surface area (Å²) in [4.78, 5) is 0. The van der Waals surface area contributed by atoms with Gasteiger partial charge in [-0.2, -0.15) is 11.8 Å². The lowest BCUT2D eigenvalue weighted by Crippen LogP contribution is -2.19.